The normalized spacial score (nSPS) is 16.5. The zero-order valence-electron chi connectivity index (χ0n) is 8.92. The van der Waals surface area contributed by atoms with E-state index in [1.165, 1.54) is 12.8 Å². The molecule has 4 heteroatoms. The first-order chi connectivity index (χ1) is 6.93. The lowest BCUT2D eigenvalue weighted by Gasteiger charge is -2.13. The van der Waals surface area contributed by atoms with Gasteiger partial charge < -0.3 is 14.8 Å². The van der Waals surface area contributed by atoms with Crippen LogP contribution in [-0.4, -0.2) is 45.9 Å². The first-order valence-electron chi connectivity index (χ1n) is 5.27. The molecule has 0 aromatic rings. The summed E-state index contributed by atoms with van der Waals surface area (Å²) in [5.74, 6) is 1.14. The second kappa shape index (κ2) is 7.76. The lowest BCUT2D eigenvalue weighted by Crippen LogP contribution is -2.29. The van der Waals surface area contributed by atoms with Gasteiger partial charge in [-0.3, -0.25) is 4.99 Å². The van der Waals surface area contributed by atoms with E-state index >= 15 is 0 Å². The monoisotopic (exact) mass is 200 g/mol. The van der Waals surface area contributed by atoms with Crippen molar-refractivity contribution in [3.63, 3.8) is 0 Å². The smallest absolute Gasteiger partial charge is 0.0963 e. The third kappa shape index (κ3) is 5.19. The summed E-state index contributed by atoms with van der Waals surface area (Å²) in [6.45, 7) is 3.89. The second-order valence-corrected chi connectivity index (χ2v) is 3.32. The Bertz CT molecular complexity index is 172. The number of amidine groups is 1. The highest BCUT2D eigenvalue weighted by Gasteiger charge is 2.03. The maximum absolute atomic E-state index is 5.32. The Balaban J connectivity index is 1.90. The van der Waals surface area contributed by atoms with E-state index in [2.05, 4.69) is 10.3 Å². The van der Waals surface area contributed by atoms with Crippen LogP contribution in [0.2, 0.25) is 0 Å². The van der Waals surface area contributed by atoms with E-state index in [0.29, 0.717) is 13.2 Å². The summed E-state index contributed by atoms with van der Waals surface area (Å²) in [7, 11) is 1.68. The molecule has 0 fully saturated rings. The molecule has 4 nitrogen and oxygen atoms in total. The standard InChI is InChI=1S/C10H20N2O2/c1-13-8-9-14-7-6-12-10-4-2-3-5-11-10/h2-9H2,1H3,(H,11,12). The molecule has 82 valence electrons. The Kier molecular flexibility index (Phi) is 6.36. The number of methoxy groups -OCH3 is 1. The lowest BCUT2D eigenvalue weighted by atomic mass is 10.2. The number of ether oxygens (including phenoxy) is 2. The Morgan fingerprint density at radius 1 is 1.29 bits per heavy atom. The van der Waals surface area contributed by atoms with E-state index in [9.17, 15) is 0 Å². The number of hydrogen-bond donors (Lipinski definition) is 1. The van der Waals surface area contributed by atoms with Gasteiger partial charge >= 0.3 is 0 Å². The Hall–Kier alpha value is -0.610. The number of rotatable bonds is 6. The Morgan fingerprint density at radius 3 is 2.93 bits per heavy atom. The van der Waals surface area contributed by atoms with Crippen LogP contribution >= 0.6 is 0 Å². The number of nitrogens with zero attached hydrogens (tertiary/aromatic N) is 1. The van der Waals surface area contributed by atoms with Gasteiger partial charge in [0.05, 0.1) is 25.7 Å². The molecule has 0 aromatic carbocycles. The number of nitrogens with one attached hydrogen (secondary N) is 1. The van der Waals surface area contributed by atoms with Gasteiger partial charge in [0.25, 0.3) is 0 Å². The molecule has 0 aliphatic carbocycles. The minimum atomic E-state index is 0.668. The molecule has 0 amide bonds. The summed E-state index contributed by atoms with van der Waals surface area (Å²) in [6, 6.07) is 0. The minimum absolute atomic E-state index is 0.668. The average Bonchev–Trinajstić information content (AvgIpc) is 2.25. The second-order valence-electron chi connectivity index (χ2n) is 3.32. The fraction of sp³-hybridized carbons (Fsp3) is 0.900. The highest BCUT2D eigenvalue weighted by Crippen LogP contribution is 2.03. The predicted molar refractivity (Wildman–Crippen MR) is 56.9 cm³/mol. The van der Waals surface area contributed by atoms with Crippen LogP contribution in [0.15, 0.2) is 4.99 Å². The predicted octanol–water partition coefficient (Wildman–Crippen LogP) is 0.821. The van der Waals surface area contributed by atoms with E-state index in [1.54, 1.807) is 7.11 Å². The topological polar surface area (TPSA) is 42.9 Å². The van der Waals surface area contributed by atoms with Gasteiger partial charge in [-0.2, -0.15) is 0 Å². The molecular weight excluding hydrogens is 180 g/mol. The van der Waals surface area contributed by atoms with E-state index < -0.39 is 0 Å². The van der Waals surface area contributed by atoms with Crippen LogP contribution in [0.1, 0.15) is 19.3 Å². The molecule has 0 saturated heterocycles. The molecule has 0 bridgehead atoms. The third-order valence-electron chi connectivity index (χ3n) is 2.13. The van der Waals surface area contributed by atoms with Crippen LogP contribution < -0.4 is 5.32 Å². The largest absolute Gasteiger partial charge is 0.382 e. The van der Waals surface area contributed by atoms with E-state index in [-0.39, 0.29) is 0 Å². The van der Waals surface area contributed by atoms with Crippen LogP contribution in [-0.2, 0) is 9.47 Å². The highest BCUT2D eigenvalue weighted by molar-refractivity contribution is 5.82. The molecule has 14 heavy (non-hydrogen) atoms. The van der Waals surface area contributed by atoms with Crippen LogP contribution in [0, 0.1) is 0 Å². The maximum atomic E-state index is 5.32. The van der Waals surface area contributed by atoms with E-state index in [4.69, 9.17) is 9.47 Å². The maximum Gasteiger partial charge on any atom is 0.0963 e. The summed E-state index contributed by atoms with van der Waals surface area (Å²) < 4.78 is 10.2. The molecule has 0 atom stereocenters. The quantitative estimate of drug-likeness (QED) is 0.646. The fourth-order valence-corrected chi connectivity index (χ4v) is 1.35. The van der Waals surface area contributed by atoms with Gasteiger partial charge in [0.1, 0.15) is 0 Å². The lowest BCUT2D eigenvalue weighted by molar-refractivity contribution is 0.0733. The van der Waals surface area contributed by atoms with Gasteiger partial charge in [-0.15, -0.1) is 0 Å². The molecule has 1 rings (SSSR count). The summed E-state index contributed by atoms with van der Waals surface area (Å²) in [5, 5.41) is 3.28. The molecule has 0 spiro atoms. The SMILES string of the molecule is COCCOCCNC1=NCCCC1. The first kappa shape index (κ1) is 11.5. The van der Waals surface area contributed by atoms with Crippen LogP contribution in [0.3, 0.4) is 0 Å². The summed E-state index contributed by atoms with van der Waals surface area (Å²) in [4.78, 5) is 4.39. The van der Waals surface area contributed by atoms with Crippen molar-refractivity contribution in [1.29, 1.82) is 0 Å². The molecule has 0 aromatic heterocycles. The van der Waals surface area contributed by atoms with Gasteiger partial charge in [-0.05, 0) is 12.8 Å². The van der Waals surface area contributed by atoms with Gasteiger partial charge in [0, 0.05) is 26.6 Å². The number of aliphatic imine (C=N–C) groups is 1. The fourth-order valence-electron chi connectivity index (χ4n) is 1.35. The van der Waals surface area contributed by atoms with Gasteiger partial charge in [-0.1, -0.05) is 0 Å². The van der Waals surface area contributed by atoms with E-state index in [1.807, 2.05) is 0 Å². The summed E-state index contributed by atoms with van der Waals surface area (Å²) >= 11 is 0. The molecule has 1 heterocycles. The molecule has 0 radical (unpaired) electrons. The van der Waals surface area contributed by atoms with Crippen molar-refractivity contribution in [1.82, 2.24) is 5.32 Å². The van der Waals surface area contributed by atoms with Crippen LogP contribution in [0.5, 0.6) is 0 Å². The molecule has 1 aliphatic rings. The first-order valence-corrected chi connectivity index (χ1v) is 5.27. The van der Waals surface area contributed by atoms with Crippen molar-refractivity contribution in [2.75, 3.05) is 40.0 Å². The summed E-state index contributed by atoms with van der Waals surface area (Å²) in [5.41, 5.74) is 0. The zero-order chi connectivity index (χ0) is 10.1. The Morgan fingerprint density at radius 2 is 2.21 bits per heavy atom. The van der Waals surface area contributed by atoms with Crippen molar-refractivity contribution in [2.45, 2.75) is 19.3 Å². The van der Waals surface area contributed by atoms with Crippen LogP contribution in [0.25, 0.3) is 0 Å². The van der Waals surface area contributed by atoms with E-state index in [0.717, 1.165) is 32.0 Å². The van der Waals surface area contributed by atoms with Crippen molar-refractivity contribution in [2.24, 2.45) is 4.99 Å². The molecule has 0 saturated carbocycles. The molecule has 0 unspecified atom stereocenters. The summed E-state index contributed by atoms with van der Waals surface area (Å²) in [6.07, 6.45) is 3.59. The van der Waals surface area contributed by atoms with Crippen molar-refractivity contribution >= 4 is 5.84 Å². The van der Waals surface area contributed by atoms with Crippen molar-refractivity contribution in [3.8, 4) is 0 Å². The van der Waals surface area contributed by atoms with Gasteiger partial charge in [0.2, 0.25) is 0 Å². The third-order valence-corrected chi connectivity index (χ3v) is 2.13. The molecule has 1 N–H and O–H groups in total. The average molecular weight is 200 g/mol. The Labute approximate surface area is 85.7 Å². The highest BCUT2D eigenvalue weighted by atomic mass is 16.5. The number of hydrogen-bond acceptors (Lipinski definition) is 4. The molecular formula is C10H20N2O2. The molecule has 1 aliphatic heterocycles. The minimum Gasteiger partial charge on any atom is -0.382 e. The van der Waals surface area contributed by atoms with Crippen molar-refractivity contribution in [3.05, 3.63) is 0 Å². The van der Waals surface area contributed by atoms with Crippen molar-refractivity contribution < 1.29 is 9.47 Å². The van der Waals surface area contributed by atoms with Gasteiger partial charge in [-0.25, -0.2) is 0 Å². The van der Waals surface area contributed by atoms with Gasteiger partial charge in [0.15, 0.2) is 0 Å². The zero-order valence-corrected chi connectivity index (χ0v) is 8.92. The van der Waals surface area contributed by atoms with Crippen LogP contribution in [0.4, 0.5) is 0 Å².